The molecule has 186 valence electrons. The third kappa shape index (κ3) is 6.63. The van der Waals surface area contributed by atoms with E-state index >= 15 is 0 Å². The normalized spacial score (nSPS) is 12.2. The SMILES string of the molecule is CNC(=O)[C@@H](c1ccc(F)cc1)N(CCCc1ccc(C(F)(F)F)nc1)c1cc(Cl)ccc1OC. The summed E-state index contributed by atoms with van der Waals surface area (Å²) in [7, 11) is 2.99. The molecule has 0 saturated carbocycles. The molecule has 0 fully saturated rings. The highest BCUT2D eigenvalue weighted by Gasteiger charge is 2.32. The number of nitrogens with one attached hydrogen (secondary N) is 1. The molecule has 0 unspecified atom stereocenters. The summed E-state index contributed by atoms with van der Waals surface area (Å²) in [5.74, 6) is -0.303. The van der Waals surface area contributed by atoms with Crippen LogP contribution in [0, 0.1) is 5.82 Å². The number of pyridine rings is 1. The zero-order valence-electron chi connectivity index (χ0n) is 19.1. The number of halogens is 5. The summed E-state index contributed by atoms with van der Waals surface area (Å²) in [6, 6.07) is 12.1. The van der Waals surface area contributed by atoms with Crippen molar-refractivity contribution in [2.75, 3.05) is 25.6 Å². The maximum absolute atomic E-state index is 13.6. The Morgan fingerprint density at radius 1 is 1.14 bits per heavy atom. The van der Waals surface area contributed by atoms with Crippen LogP contribution in [-0.2, 0) is 17.4 Å². The van der Waals surface area contributed by atoms with Gasteiger partial charge in [0.05, 0.1) is 12.8 Å². The molecule has 1 heterocycles. The summed E-state index contributed by atoms with van der Waals surface area (Å²) in [4.78, 5) is 18.3. The van der Waals surface area contributed by atoms with Crippen molar-refractivity contribution in [2.24, 2.45) is 0 Å². The van der Waals surface area contributed by atoms with Gasteiger partial charge in [-0.3, -0.25) is 9.78 Å². The molecule has 1 aromatic heterocycles. The van der Waals surface area contributed by atoms with E-state index in [9.17, 15) is 22.4 Å². The molecular weight excluding hydrogens is 486 g/mol. The Morgan fingerprint density at radius 2 is 1.86 bits per heavy atom. The Morgan fingerprint density at radius 3 is 2.43 bits per heavy atom. The highest BCUT2D eigenvalue weighted by Crippen LogP contribution is 2.37. The van der Waals surface area contributed by atoms with Crippen molar-refractivity contribution in [3.05, 3.63) is 88.5 Å². The highest BCUT2D eigenvalue weighted by molar-refractivity contribution is 6.31. The standard InChI is InChI=1S/C25H24ClF4N3O2/c1-31-24(34)23(17-6-9-19(27)10-7-17)33(20-14-18(26)8-11-21(20)35-2)13-3-4-16-5-12-22(32-15-16)25(28,29)30/h5-12,14-15,23H,3-4,13H2,1-2H3,(H,31,34)/t23-/m1/s1. The molecule has 0 saturated heterocycles. The molecule has 3 rings (SSSR count). The van der Waals surface area contributed by atoms with Gasteiger partial charge in [0.1, 0.15) is 23.3 Å². The van der Waals surface area contributed by atoms with Crippen molar-refractivity contribution in [3.8, 4) is 5.75 Å². The fraction of sp³-hybridized carbons (Fsp3) is 0.280. The number of methoxy groups -OCH3 is 1. The summed E-state index contributed by atoms with van der Waals surface area (Å²) in [5.41, 5.74) is 0.754. The molecule has 0 aliphatic heterocycles. The number of hydrogen-bond donors (Lipinski definition) is 1. The average Bonchev–Trinajstić information content (AvgIpc) is 2.84. The predicted octanol–water partition coefficient (Wildman–Crippen LogP) is 5.83. The lowest BCUT2D eigenvalue weighted by atomic mass is 10.0. The van der Waals surface area contributed by atoms with Gasteiger partial charge in [0.2, 0.25) is 5.91 Å². The second kappa shape index (κ2) is 11.4. The van der Waals surface area contributed by atoms with Crippen LogP contribution in [0.4, 0.5) is 23.2 Å². The van der Waals surface area contributed by atoms with Crippen molar-refractivity contribution >= 4 is 23.2 Å². The lowest BCUT2D eigenvalue weighted by Gasteiger charge is -2.34. The van der Waals surface area contributed by atoms with E-state index in [-0.39, 0.29) is 5.91 Å². The third-order valence-corrected chi connectivity index (χ3v) is 5.66. The number of benzene rings is 2. The van der Waals surface area contributed by atoms with Crippen LogP contribution in [0.3, 0.4) is 0 Å². The third-order valence-electron chi connectivity index (χ3n) is 5.42. The second-order valence-electron chi connectivity index (χ2n) is 7.73. The number of aryl methyl sites for hydroxylation is 1. The minimum atomic E-state index is -4.51. The molecule has 0 bridgehead atoms. The molecule has 0 spiro atoms. The first-order valence-corrected chi connectivity index (χ1v) is 11.1. The van der Waals surface area contributed by atoms with Crippen molar-refractivity contribution in [3.63, 3.8) is 0 Å². The highest BCUT2D eigenvalue weighted by atomic mass is 35.5. The van der Waals surface area contributed by atoms with E-state index < -0.39 is 23.7 Å². The van der Waals surface area contributed by atoms with Crippen molar-refractivity contribution in [1.82, 2.24) is 10.3 Å². The molecular formula is C25H24ClF4N3O2. The molecule has 1 amide bonds. The van der Waals surface area contributed by atoms with E-state index in [2.05, 4.69) is 10.3 Å². The van der Waals surface area contributed by atoms with Gasteiger partial charge in [-0.25, -0.2) is 4.39 Å². The number of carbonyl (C=O) groups excluding carboxylic acids is 1. The van der Waals surface area contributed by atoms with Crippen molar-refractivity contribution < 1.29 is 27.1 Å². The number of alkyl halides is 3. The molecule has 5 nitrogen and oxygen atoms in total. The molecule has 10 heteroatoms. The summed E-state index contributed by atoms with van der Waals surface area (Å²) >= 11 is 6.25. The summed E-state index contributed by atoms with van der Waals surface area (Å²) in [6.07, 6.45) is -2.43. The fourth-order valence-electron chi connectivity index (χ4n) is 3.72. The molecule has 1 atom stereocenters. The van der Waals surface area contributed by atoms with E-state index in [1.807, 2.05) is 0 Å². The summed E-state index contributed by atoms with van der Waals surface area (Å²) in [5, 5.41) is 3.07. The van der Waals surface area contributed by atoms with Gasteiger partial charge in [-0.1, -0.05) is 29.8 Å². The van der Waals surface area contributed by atoms with Crippen LogP contribution in [0.1, 0.15) is 29.3 Å². The number of nitrogens with zero attached hydrogens (tertiary/aromatic N) is 2. The lowest BCUT2D eigenvalue weighted by molar-refractivity contribution is -0.141. The van der Waals surface area contributed by atoms with E-state index in [4.69, 9.17) is 16.3 Å². The maximum atomic E-state index is 13.6. The molecule has 0 aliphatic carbocycles. The monoisotopic (exact) mass is 509 g/mol. The molecule has 1 N–H and O–H groups in total. The topological polar surface area (TPSA) is 54.5 Å². The Hall–Kier alpha value is -3.33. The Kier molecular flexibility index (Phi) is 8.56. The second-order valence-corrected chi connectivity index (χ2v) is 8.17. The quantitative estimate of drug-likeness (QED) is 0.369. The number of amides is 1. The molecule has 3 aromatic rings. The van der Waals surface area contributed by atoms with E-state index in [1.165, 1.54) is 50.7 Å². The zero-order valence-corrected chi connectivity index (χ0v) is 19.8. The Labute approximate surface area is 205 Å². The van der Waals surface area contributed by atoms with Crippen LogP contribution in [-0.4, -0.2) is 31.6 Å². The first-order valence-electron chi connectivity index (χ1n) is 10.7. The number of aromatic nitrogens is 1. The Balaban J connectivity index is 1.94. The van der Waals surface area contributed by atoms with Crippen LogP contribution < -0.4 is 15.0 Å². The van der Waals surface area contributed by atoms with Gasteiger partial charge < -0.3 is 15.0 Å². The van der Waals surface area contributed by atoms with Crippen LogP contribution in [0.15, 0.2) is 60.8 Å². The maximum Gasteiger partial charge on any atom is 0.433 e. The number of rotatable bonds is 9. The molecule has 0 radical (unpaired) electrons. The van der Waals surface area contributed by atoms with Crippen LogP contribution in [0.25, 0.3) is 0 Å². The van der Waals surface area contributed by atoms with Gasteiger partial charge in [-0.15, -0.1) is 0 Å². The Bertz CT molecular complexity index is 1140. The first kappa shape index (κ1) is 26.3. The minimum absolute atomic E-state index is 0.313. The molecule has 2 aromatic carbocycles. The number of anilines is 1. The van der Waals surface area contributed by atoms with E-state index in [0.717, 1.165) is 6.07 Å². The lowest BCUT2D eigenvalue weighted by Crippen LogP contribution is -2.40. The number of ether oxygens (including phenoxy) is 1. The fourth-order valence-corrected chi connectivity index (χ4v) is 3.89. The van der Waals surface area contributed by atoms with Gasteiger partial charge >= 0.3 is 6.18 Å². The molecule has 0 aliphatic rings. The predicted molar refractivity (Wildman–Crippen MR) is 126 cm³/mol. The largest absolute Gasteiger partial charge is 0.495 e. The van der Waals surface area contributed by atoms with Crippen molar-refractivity contribution in [2.45, 2.75) is 25.1 Å². The zero-order chi connectivity index (χ0) is 25.6. The summed E-state index contributed by atoms with van der Waals surface area (Å²) < 4.78 is 57.5. The first-order chi connectivity index (χ1) is 16.6. The van der Waals surface area contributed by atoms with Gasteiger partial charge in [0, 0.05) is 24.8 Å². The van der Waals surface area contributed by atoms with Gasteiger partial charge in [-0.2, -0.15) is 13.2 Å². The van der Waals surface area contributed by atoms with E-state index in [1.54, 1.807) is 23.1 Å². The summed E-state index contributed by atoms with van der Waals surface area (Å²) in [6.45, 7) is 0.313. The molecule has 35 heavy (non-hydrogen) atoms. The van der Waals surface area contributed by atoms with Crippen LogP contribution in [0.2, 0.25) is 5.02 Å². The number of hydrogen-bond acceptors (Lipinski definition) is 4. The van der Waals surface area contributed by atoms with Gasteiger partial charge in [0.15, 0.2) is 0 Å². The smallest absolute Gasteiger partial charge is 0.433 e. The number of carbonyl (C=O) groups is 1. The van der Waals surface area contributed by atoms with Gasteiger partial charge in [-0.05, 0) is 60.4 Å². The number of likely N-dealkylation sites (N-methyl/N-ethyl adjacent to an activating group) is 1. The van der Waals surface area contributed by atoms with Gasteiger partial charge in [0.25, 0.3) is 0 Å². The van der Waals surface area contributed by atoms with Crippen LogP contribution in [0.5, 0.6) is 5.75 Å². The van der Waals surface area contributed by atoms with E-state index in [0.29, 0.717) is 47.0 Å². The van der Waals surface area contributed by atoms with Crippen LogP contribution >= 0.6 is 11.6 Å². The minimum Gasteiger partial charge on any atom is -0.495 e. The average molecular weight is 510 g/mol. The van der Waals surface area contributed by atoms with Crippen molar-refractivity contribution in [1.29, 1.82) is 0 Å².